The van der Waals surface area contributed by atoms with Crippen LogP contribution in [0.15, 0.2) is 47.5 Å². The number of aliphatic hydroxyl groups is 3. The van der Waals surface area contributed by atoms with Crippen molar-refractivity contribution in [3.63, 3.8) is 0 Å². The number of ether oxygens (including phenoxy) is 1. The van der Waals surface area contributed by atoms with Gasteiger partial charge in [-0.3, -0.25) is 0 Å². The second-order valence-corrected chi connectivity index (χ2v) is 8.58. The molecule has 1 heterocycles. The lowest BCUT2D eigenvalue weighted by Crippen LogP contribution is -2.62. The average Bonchev–Trinajstić information content (AvgIpc) is 2.83. The zero-order valence-electron chi connectivity index (χ0n) is 18.5. The maximum Gasteiger partial charge on any atom is 0.159 e. The fourth-order valence-corrected chi connectivity index (χ4v) is 4.52. The fraction of sp³-hybridized carbons (Fsp3) is 0.348. The normalized spacial score (nSPS) is 24.6. The van der Waals surface area contributed by atoms with E-state index in [4.69, 9.17) is 27.3 Å². The molecule has 0 spiro atoms. The van der Waals surface area contributed by atoms with Gasteiger partial charge in [0.2, 0.25) is 0 Å². The molecule has 0 aromatic heterocycles. The smallest absolute Gasteiger partial charge is 0.159 e. The summed E-state index contributed by atoms with van der Waals surface area (Å²) in [4.78, 5) is 0.599. The molecule has 0 bridgehead atoms. The van der Waals surface area contributed by atoms with Gasteiger partial charge >= 0.3 is 0 Å². The Morgan fingerprint density at radius 1 is 1.21 bits per heavy atom. The van der Waals surface area contributed by atoms with Crippen molar-refractivity contribution in [1.82, 2.24) is 5.32 Å². The van der Waals surface area contributed by atoms with Crippen LogP contribution >= 0.6 is 23.4 Å². The van der Waals surface area contributed by atoms with E-state index in [-0.39, 0.29) is 16.3 Å². The van der Waals surface area contributed by atoms with E-state index in [2.05, 4.69) is 5.32 Å². The molecule has 5 unspecified atom stereocenters. The van der Waals surface area contributed by atoms with Gasteiger partial charge in [0, 0.05) is 16.7 Å². The number of rotatable bonds is 6. The third-order valence-corrected chi connectivity index (χ3v) is 6.34. The molecule has 34 heavy (non-hydrogen) atoms. The van der Waals surface area contributed by atoms with E-state index in [1.54, 1.807) is 12.1 Å². The Bertz CT molecular complexity index is 1050. The fourth-order valence-electron chi connectivity index (χ4n) is 3.12. The summed E-state index contributed by atoms with van der Waals surface area (Å²) in [7, 11) is 0. The van der Waals surface area contributed by atoms with E-state index in [1.165, 1.54) is 18.3 Å². The lowest BCUT2D eigenvalue weighted by atomic mass is 9.97. The maximum absolute atomic E-state index is 13.5. The molecule has 11 heteroatoms. The first kappa shape index (κ1) is 27.9. The molecule has 0 radical (unpaired) electrons. The van der Waals surface area contributed by atoms with Gasteiger partial charge in [-0.2, -0.15) is 5.26 Å². The first-order valence-corrected chi connectivity index (χ1v) is 11.7. The monoisotopic (exact) mass is 513 g/mol. The lowest BCUT2D eigenvalue weighted by molar-refractivity contribution is -0.164. The highest BCUT2D eigenvalue weighted by Crippen LogP contribution is 2.35. The number of hydrogen-bond acceptors (Lipinski definition) is 8. The quantitative estimate of drug-likeness (QED) is 0.398. The van der Waals surface area contributed by atoms with Gasteiger partial charge in [-0.15, -0.1) is 0 Å². The molecule has 0 aliphatic carbocycles. The molecular weight excluding hydrogens is 488 g/mol. The Morgan fingerprint density at radius 2 is 1.91 bits per heavy atom. The second-order valence-electron chi connectivity index (χ2n) is 7.00. The summed E-state index contributed by atoms with van der Waals surface area (Å²) in [5.41, 5.74) is 5.54. The molecule has 1 fully saturated rings. The topological polar surface area (TPSA) is 132 Å². The molecule has 5 atom stereocenters. The van der Waals surface area contributed by atoms with E-state index < -0.39 is 48.0 Å². The number of nitrogens with zero attached hydrogens (tertiary/aromatic N) is 1. The van der Waals surface area contributed by atoms with Crippen LogP contribution < -0.4 is 11.1 Å². The van der Waals surface area contributed by atoms with E-state index in [0.29, 0.717) is 10.5 Å². The van der Waals surface area contributed by atoms with Crippen molar-refractivity contribution in [2.45, 2.75) is 48.5 Å². The van der Waals surface area contributed by atoms with Crippen molar-refractivity contribution in [2.75, 3.05) is 6.61 Å². The molecule has 0 amide bonds. The minimum Gasteiger partial charge on any atom is -0.397 e. The van der Waals surface area contributed by atoms with Crippen molar-refractivity contribution in [3.05, 3.63) is 70.4 Å². The minimum atomic E-state index is -1.30. The van der Waals surface area contributed by atoms with Gasteiger partial charge in [0.1, 0.15) is 29.8 Å². The Morgan fingerprint density at radius 3 is 2.50 bits per heavy atom. The van der Waals surface area contributed by atoms with Crippen molar-refractivity contribution in [3.8, 4) is 6.07 Å². The van der Waals surface area contributed by atoms with Gasteiger partial charge in [-0.25, -0.2) is 8.78 Å². The van der Waals surface area contributed by atoms with Crippen molar-refractivity contribution in [1.29, 1.82) is 5.26 Å². The van der Waals surface area contributed by atoms with Crippen molar-refractivity contribution >= 4 is 29.1 Å². The van der Waals surface area contributed by atoms with E-state index in [1.807, 2.05) is 19.9 Å². The van der Waals surface area contributed by atoms with Crippen LogP contribution in [0.3, 0.4) is 0 Å². The first-order valence-electron chi connectivity index (χ1n) is 10.4. The molecule has 1 aliphatic heterocycles. The summed E-state index contributed by atoms with van der Waals surface area (Å²) in [5.74, 6) is -2.08. The predicted octanol–water partition coefficient (Wildman–Crippen LogP) is 2.96. The Balaban J connectivity index is 0.00000199. The van der Waals surface area contributed by atoms with Gasteiger partial charge < -0.3 is 31.1 Å². The summed E-state index contributed by atoms with van der Waals surface area (Å²) in [6.07, 6.45) is -2.32. The molecule has 1 saturated heterocycles. The highest BCUT2D eigenvalue weighted by atomic mass is 35.5. The van der Waals surface area contributed by atoms with Crippen LogP contribution in [-0.4, -0.2) is 51.7 Å². The molecule has 2 aromatic rings. The Hall–Kier alpha value is -2.39. The number of hydrogen-bond donors (Lipinski definition) is 5. The van der Waals surface area contributed by atoms with Crippen LogP contribution in [0.4, 0.5) is 8.78 Å². The summed E-state index contributed by atoms with van der Waals surface area (Å²) in [6.45, 7) is 3.49. The largest absolute Gasteiger partial charge is 0.397 e. The predicted molar refractivity (Wildman–Crippen MR) is 127 cm³/mol. The van der Waals surface area contributed by atoms with Gasteiger partial charge in [0.25, 0.3) is 0 Å². The van der Waals surface area contributed by atoms with E-state index in [0.717, 1.165) is 23.9 Å². The van der Waals surface area contributed by atoms with Crippen molar-refractivity contribution in [2.24, 2.45) is 5.73 Å². The molecule has 184 valence electrons. The third-order valence-electron chi connectivity index (χ3n) is 4.88. The maximum atomic E-state index is 13.5. The summed E-state index contributed by atoms with van der Waals surface area (Å²) in [5, 5.41) is 42.9. The summed E-state index contributed by atoms with van der Waals surface area (Å²) >= 11 is 7.15. The Kier molecular flexibility index (Phi) is 10.6. The SMILES string of the molecule is CC.N#Cc1ccc(SC2OC(CO)C(O)C(N/C=C(\N)c3ccc(F)c(F)c3)C2O)cc1Cl. The van der Waals surface area contributed by atoms with Crippen LogP contribution in [0.25, 0.3) is 5.70 Å². The molecule has 2 aromatic carbocycles. The zero-order valence-corrected chi connectivity index (χ0v) is 20.0. The Labute approximate surface area is 205 Å². The van der Waals surface area contributed by atoms with Gasteiger partial charge in [0.15, 0.2) is 11.6 Å². The molecule has 3 rings (SSSR count). The number of aliphatic hydroxyl groups excluding tert-OH is 3. The molecule has 7 nitrogen and oxygen atoms in total. The highest BCUT2D eigenvalue weighted by molar-refractivity contribution is 7.99. The lowest BCUT2D eigenvalue weighted by Gasteiger charge is -2.42. The van der Waals surface area contributed by atoms with E-state index >= 15 is 0 Å². The second kappa shape index (κ2) is 12.9. The highest BCUT2D eigenvalue weighted by Gasteiger charge is 2.44. The minimum absolute atomic E-state index is 0.0402. The van der Waals surface area contributed by atoms with Crippen molar-refractivity contribution < 1.29 is 28.8 Å². The van der Waals surface area contributed by atoms with Gasteiger partial charge in [-0.1, -0.05) is 37.2 Å². The standard InChI is InChI=1S/C21H20ClF2N3O4S.C2H6/c22-13-6-12(3-1-11(13)7-25)32-21-20(30)18(19(29)17(9-28)31-21)27-8-16(26)10-2-4-14(23)15(24)5-10;1-2/h1-6,8,17-21,27-30H,9,26H2;1-2H3/b16-8-;. The van der Waals surface area contributed by atoms with E-state index in [9.17, 15) is 24.1 Å². The van der Waals surface area contributed by atoms with Crippen LogP contribution in [-0.2, 0) is 4.74 Å². The number of nitriles is 1. The number of thioether (sulfide) groups is 1. The van der Waals surface area contributed by atoms with Gasteiger partial charge in [0.05, 0.1) is 28.9 Å². The number of nitrogens with one attached hydrogen (secondary N) is 1. The first-order chi connectivity index (χ1) is 16.2. The number of nitrogens with two attached hydrogens (primary N) is 1. The molecule has 6 N–H and O–H groups in total. The number of benzene rings is 2. The molecule has 1 aliphatic rings. The van der Waals surface area contributed by atoms with Gasteiger partial charge in [-0.05, 0) is 36.4 Å². The van der Waals surface area contributed by atoms with Crippen LogP contribution in [0.5, 0.6) is 0 Å². The van der Waals surface area contributed by atoms with Crippen LogP contribution in [0.1, 0.15) is 25.0 Å². The summed E-state index contributed by atoms with van der Waals surface area (Å²) in [6, 6.07) is 8.79. The molecular formula is C23H26ClF2N3O4S. The molecule has 0 saturated carbocycles. The third kappa shape index (κ3) is 6.60. The summed E-state index contributed by atoms with van der Waals surface area (Å²) < 4.78 is 32.2. The zero-order chi connectivity index (χ0) is 25.4. The van der Waals surface area contributed by atoms with Crippen LogP contribution in [0.2, 0.25) is 5.02 Å². The average molecular weight is 514 g/mol. The van der Waals surface area contributed by atoms with Crippen LogP contribution in [0, 0.1) is 23.0 Å². The number of halogens is 3.